The molecular formula is C19H19ClN2O2S. The molecule has 0 aromatic heterocycles. The van der Waals surface area contributed by atoms with E-state index >= 15 is 0 Å². The third kappa shape index (κ3) is 5.33. The lowest BCUT2D eigenvalue weighted by atomic mass is 10.1. The number of nitrogens with zero attached hydrogens (tertiary/aromatic N) is 2. The van der Waals surface area contributed by atoms with Crippen LogP contribution in [-0.4, -0.2) is 21.6 Å². The molecule has 0 fully saturated rings. The van der Waals surface area contributed by atoms with Crippen molar-refractivity contribution in [3.05, 3.63) is 92.0 Å². The number of thioether (sulfide) groups is 1. The SMILES string of the molecule is O=[N+]([O-])C1=CCC(CN(Cc2ccccc2)Cc2ccc(Cl)cc2)S1. The van der Waals surface area contributed by atoms with Gasteiger partial charge in [-0.25, -0.2) is 0 Å². The van der Waals surface area contributed by atoms with Gasteiger partial charge >= 0.3 is 0 Å². The molecule has 2 aromatic rings. The highest BCUT2D eigenvalue weighted by Crippen LogP contribution is 2.33. The van der Waals surface area contributed by atoms with Crippen LogP contribution in [0.3, 0.4) is 0 Å². The number of benzene rings is 2. The molecule has 3 rings (SSSR count). The quantitative estimate of drug-likeness (QED) is 0.507. The summed E-state index contributed by atoms with van der Waals surface area (Å²) in [5.74, 6) is 0. The van der Waals surface area contributed by atoms with Crippen molar-refractivity contribution in [1.29, 1.82) is 0 Å². The van der Waals surface area contributed by atoms with Crippen molar-refractivity contribution in [1.82, 2.24) is 4.90 Å². The van der Waals surface area contributed by atoms with Crippen LogP contribution in [0.15, 0.2) is 65.7 Å². The Hall–Kier alpha value is -1.82. The van der Waals surface area contributed by atoms with Gasteiger partial charge in [-0.15, -0.1) is 0 Å². The smallest absolute Gasteiger partial charge is 0.294 e. The van der Waals surface area contributed by atoms with E-state index < -0.39 is 0 Å². The molecule has 1 atom stereocenters. The van der Waals surface area contributed by atoms with Crippen molar-refractivity contribution >= 4 is 23.4 Å². The van der Waals surface area contributed by atoms with Gasteiger partial charge in [-0.2, -0.15) is 0 Å². The standard InChI is InChI=1S/C19H19ClN2O2S/c20-17-8-6-16(7-9-17)13-21(12-15-4-2-1-3-5-15)14-18-10-11-19(25-18)22(23)24/h1-9,11,18H,10,12-14H2. The molecule has 0 bridgehead atoms. The fourth-order valence-electron chi connectivity index (χ4n) is 2.89. The van der Waals surface area contributed by atoms with Crippen molar-refractivity contribution < 1.29 is 4.92 Å². The summed E-state index contributed by atoms with van der Waals surface area (Å²) in [5, 5.41) is 12.2. The zero-order valence-electron chi connectivity index (χ0n) is 13.7. The van der Waals surface area contributed by atoms with Gasteiger partial charge in [0.05, 0.1) is 4.92 Å². The Morgan fingerprint density at radius 2 is 1.72 bits per heavy atom. The van der Waals surface area contributed by atoms with Crippen LogP contribution in [-0.2, 0) is 13.1 Å². The average molecular weight is 375 g/mol. The van der Waals surface area contributed by atoms with Crippen LogP contribution in [0.1, 0.15) is 17.5 Å². The zero-order valence-corrected chi connectivity index (χ0v) is 15.2. The Bertz CT molecular complexity index is 750. The number of rotatable bonds is 7. The molecule has 130 valence electrons. The highest BCUT2D eigenvalue weighted by Gasteiger charge is 2.27. The van der Waals surface area contributed by atoms with E-state index in [0.717, 1.165) is 31.1 Å². The minimum atomic E-state index is -0.286. The Balaban J connectivity index is 1.68. The molecule has 0 amide bonds. The normalized spacial score (nSPS) is 16.9. The molecule has 1 aliphatic heterocycles. The molecule has 1 heterocycles. The molecule has 4 nitrogen and oxygen atoms in total. The molecule has 0 N–H and O–H groups in total. The summed E-state index contributed by atoms with van der Waals surface area (Å²) < 4.78 is 0. The first-order valence-corrected chi connectivity index (χ1v) is 9.38. The van der Waals surface area contributed by atoms with Crippen LogP contribution in [0.2, 0.25) is 5.02 Å². The third-order valence-electron chi connectivity index (χ3n) is 4.05. The van der Waals surface area contributed by atoms with E-state index in [2.05, 4.69) is 17.0 Å². The van der Waals surface area contributed by atoms with Crippen molar-refractivity contribution in [2.45, 2.75) is 24.8 Å². The maximum absolute atomic E-state index is 10.9. The lowest BCUT2D eigenvalue weighted by molar-refractivity contribution is -0.410. The lowest BCUT2D eigenvalue weighted by Gasteiger charge is -2.25. The number of allylic oxidation sites excluding steroid dienone is 1. The fraction of sp³-hybridized carbons (Fsp3) is 0.263. The van der Waals surface area contributed by atoms with E-state index in [1.165, 1.54) is 22.9 Å². The van der Waals surface area contributed by atoms with Gasteiger partial charge < -0.3 is 0 Å². The summed E-state index contributed by atoms with van der Waals surface area (Å²) in [4.78, 5) is 13.0. The first-order valence-electron chi connectivity index (χ1n) is 8.12. The highest BCUT2D eigenvalue weighted by atomic mass is 35.5. The molecule has 2 aromatic carbocycles. The van der Waals surface area contributed by atoms with Crippen molar-refractivity contribution in [2.24, 2.45) is 0 Å². The fourth-order valence-corrected chi connectivity index (χ4v) is 4.12. The van der Waals surface area contributed by atoms with Crippen molar-refractivity contribution in [2.75, 3.05) is 6.54 Å². The van der Waals surface area contributed by atoms with Crippen LogP contribution < -0.4 is 0 Å². The first-order chi connectivity index (χ1) is 12.1. The molecule has 0 saturated heterocycles. The first kappa shape index (κ1) is 18.0. The van der Waals surface area contributed by atoms with Crippen LogP contribution in [0.25, 0.3) is 0 Å². The average Bonchev–Trinajstić information content (AvgIpc) is 3.07. The van der Waals surface area contributed by atoms with Gasteiger partial charge in [-0.05, 0) is 41.4 Å². The Kier molecular flexibility index (Phi) is 6.13. The molecule has 0 saturated carbocycles. The van der Waals surface area contributed by atoms with E-state index in [4.69, 9.17) is 11.6 Å². The molecule has 0 aliphatic carbocycles. The van der Waals surface area contributed by atoms with E-state index in [1.807, 2.05) is 42.5 Å². The largest absolute Gasteiger partial charge is 0.299 e. The lowest BCUT2D eigenvalue weighted by Crippen LogP contribution is -2.29. The monoisotopic (exact) mass is 374 g/mol. The van der Waals surface area contributed by atoms with Crippen LogP contribution in [0, 0.1) is 10.1 Å². The Morgan fingerprint density at radius 3 is 2.32 bits per heavy atom. The van der Waals surface area contributed by atoms with Gasteiger partial charge in [-0.1, -0.05) is 54.1 Å². The number of hydrogen-bond acceptors (Lipinski definition) is 4. The van der Waals surface area contributed by atoms with E-state index in [1.54, 1.807) is 6.08 Å². The van der Waals surface area contributed by atoms with Gasteiger partial charge in [-0.3, -0.25) is 15.0 Å². The molecule has 25 heavy (non-hydrogen) atoms. The minimum Gasteiger partial charge on any atom is -0.294 e. The van der Waals surface area contributed by atoms with Gasteiger partial charge in [0.15, 0.2) is 0 Å². The summed E-state index contributed by atoms with van der Waals surface area (Å²) in [6, 6.07) is 18.1. The molecule has 1 unspecified atom stereocenters. The second-order valence-electron chi connectivity index (χ2n) is 6.06. The summed E-state index contributed by atoms with van der Waals surface area (Å²) in [6.45, 7) is 2.40. The maximum Gasteiger partial charge on any atom is 0.299 e. The Morgan fingerprint density at radius 1 is 1.08 bits per heavy atom. The summed E-state index contributed by atoms with van der Waals surface area (Å²) in [7, 11) is 0. The topological polar surface area (TPSA) is 46.4 Å². The Labute approximate surface area is 156 Å². The van der Waals surface area contributed by atoms with Gasteiger partial charge in [0, 0.05) is 36.0 Å². The highest BCUT2D eigenvalue weighted by molar-refractivity contribution is 8.03. The van der Waals surface area contributed by atoms with Crippen LogP contribution in [0.5, 0.6) is 0 Å². The van der Waals surface area contributed by atoms with E-state index in [9.17, 15) is 10.1 Å². The third-order valence-corrected chi connectivity index (χ3v) is 5.54. The minimum absolute atomic E-state index is 0.219. The molecule has 0 spiro atoms. The number of nitro groups is 1. The second kappa shape index (κ2) is 8.52. The van der Waals surface area contributed by atoms with Crippen LogP contribution >= 0.6 is 23.4 Å². The molecular weight excluding hydrogens is 356 g/mol. The predicted molar refractivity (Wildman–Crippen MR) is 103 cm³/mol. The molecule has 0 radical (unpaired) electrons. The van der Waals surface area contributed by atoms with Crippen molar-refractivity contribution in [3.63, 3.8) is 0 Å². The number of halogens is 1. The van der Waals surface area contributed by atoms with Crippen LogP contribution in [0.4, 0.5) is 0 Å². The van der Waals surface area contributed by atoms with Gasteiger partial charge in [0.25, 0.3) is 5.03 Å². The number of hydrogen-bond donors (Lipinski definition) is 0. The van der Waals surface area contributed by atoms with Gasteiger partial charge in [0.2, 0.25) is 0 Å². The predicted octanol–water partition coefficient (Wildman–Crippen LogP) is 4.97. The zero-order chi connectivity index (χ0) is 17.6. The summed E-state index contributed by atoms with van der Waals surface area (Å²) >= 11 is 7.34. The maximum atomic E-state index is 10.9. The van der Waals surface area contributed by atoms with Crippen molar-refractivity contribution in [3.8, 4) is 0 Å². The van der Waals surface area contributed by atoms with Gasteiger partial charge in [0.1, 0.15) is 0 Å². The summed E-state index contributed by atoms with van der Waals surface area (Å²) in [6.07, 6.45) is 2.48. The molecule has 1 aliphatic rings. The molecule has 6 heteroatoms. The van der Waals surface area contributed by atoms with E-state index in [0.29, 0.717) is 0 Å². The second-order valence-corrected chi connectivity index (χ2v) is 7.81. The summed E-state index contributed by atoms with van der Waals surface area (Å²) in [5.41, 5.74) is 2.42. The van der Waals surface area contributed by atoms with E-state index in [-0.39, 0.29) is 15.2 Å².